The highest BCUT2D eigenvalue weighted by Gasteiger charge is 2.31. The van der Waals surface area contributed by atoms with Gasteiger partial charge in [0.2, 0.25) is 12.7 Å². The number of carbonyl (C=O) groups excluding carboxylic acids is 1. The zero-order valence-corrected chi connectivity index (χ0v) is 15.6. The topological polar surface area (TPSA) is 47.6 Å². The average Bonchev–Trinajstić information content (AvgIpc) is 3.04. The number of hydrogen-bond acceptors (Lipinski definition) is 3. The fourth-order valence-corrected chi connectivity index (χ4v) is 3.18. The van der Waals surface area contributed by atoms with Crippen LogP contribution in [-0.2, 0) is 16.6 Å². The third kappa shape index (κ3) is 3.86. The number of halogens is 2. The van der Waals surface area contributed by atoms with Crippen LogP contribution < -0.4 is 14.8 Å². The van der Waals surface area contributed by atoms with Crippen molar-refractivity contribution in [2.75, 3.05) is 13.3 Å². The normalized spacial score (nSPS) is 13.0. The molecule has 0 bridgehead atoms. The molecule has 4 nitrogen and oxygen atoms in total. The van der Waals surface area contributed by atoms with Crippen LogP contribution in [0.3, 0.4) is 0 Å². The van der Waals surface area contributed by atoms with Crippen LogP contribution in [0, 0.1) is 0 Å². The molecule has 6 heteroatoms. The van der Waals surface area contributed by atoms with E-state index in [1.54, 1.807) is 12.1 Å². The molecule has 1 amide bonds. The second-order valence-corrected chi connectivity index (χ2v) is 7.28. The molecular formula is C19H19Cl2NO3. The highest BCUT2D eigenvalue weighted by molar-refractivity contribution is 6.35. The molecule has 3 rings (SSSR count). The van der Waals surface area contributed by atoms with Crippen LogP contribution in [0.2, 0.25) is 10.0 Å². The van der Waals surface area contributed by atoms with Gasteiger partial charge in [0.1, 0.15) is 0 Å². The van der Waals surface area contributed by atoms with Gasteiger partial charge in [-0.25, -0.2) is 0 Å². The van der Waals surface area contributed by atoms with Gasteiger partial charge < -0.3 is 14.8 Å². The maximum absolute atomic E-state index is 12.7. The highest BCUT2D eigenvalue weighted by Crippen LogP contribution is 2.36. The molecule has 0 saturated carbocycles. The van der Waals surface area contributed by atoms with Crippen molar-refractivity contribution in [3.63, 3.8) is 0 Å². The maximum atomic E-state index is 12.7. The Labute approximate surface area is 157 Å². The Morgan fingerprint density at radius 1 is 1.12 bits per heavy atom. The van der Waals surface area contributed by atoms with Crippen LogP contribution in [-0.4, -0.2) is 19.2 Å². The zero-order valence-electron chi connectivity index (χ0n) is 14.1. The zero-order chi connectivity index (χ0) is 18.0. The summed E-state index contributed by atoms with van der Waals surface area (Å²) in [6.07, 6.45) is 0.638. The molecule has 1 aliphatic heterocycles. The van der Waals surface area contributed by atoms with Crippen molar-refractivity contribution in [2.45, 2.75) is 25.7 Å². The number of benzene rings is 2. The molecule has 0 spiro atoms. The quantitative estimate of drug-likeness (QED) is 0.839. The lowest BCUT2D eigenvalue weighted by molar-refractivity contribution is -0.125. The summed E-state index contributed by atoms with van der Waals surface area (Å²) < 4.78 is 10.7. The minimum atomic E-state index is -0.690. The monoisotopic (exact) mass is 379 g/mol. The Hall–Kier alpha value is -1.91. The minimum Gasteiger partial charge on any atom is -0.454 e. The Morgan fingerprint density at radius 2 is 1.88 bits per heavy atom. The minimum absolute atomic E-state index is 0.0588. The summed E-state index contributed by atoms with van der Waals surface area (Å²) in [4.78, 5) is 12.7. The fourth-order valence-electron chi connectivity index (χ4n) is 2.67. The van der Waals surface area contributed by atoms with Gasteiger partial charge in [-0.1, -0.05) is 35.3 Å². The molecule has 1 heterocycles. The summed E-state index contributed by atoms with van der Waals surface area (Å²) in [5.74, 6) is 1.32. The van der Waals surface area contributed by atoms with Crippen LogP contribution in [0.1, 0.15) is 25.0 Å². The van der Waals surface area contributed by atoms with Crippen molar-refractivity contribution in [2.24, 2.45) is 0 Å². The number of rotatable bonds is 5. The number of fused-ring (bicyclic) bond motifs is 1. The summed E-state index contributed by atoms with van der Waals surface area (Å²) in [5.41, 5.74) is 1.14. The van der Waals surface area contributed by atoms with Gasteiger partial charge in [-0.15, -0.1) is 0 Å². The van der Waals surface area contributed by atoms with Gasteiger partial charge in [-0.2, -0.15) is 0 Å². The number of amides is 1. The Balaban J connectivity index is 1.63. The van der Waals surface area contributed by atoms with Gasteiger partial charge in [0.05, 0.1) is 5.41 Å². The second kappa shape index (κ2) is 7.14. The molecule has 2 aromatic carbocycles. The number of nitrogens with one attached hydrogen (secondary N) is 1. The largest absolute Gasteiger partial charge is 0.454 e. The molecule has 0 saturated heterocycles. The Bertz CT molecular complexity index is 805. The Morgan fingerprint density at radius 3 is 2.64 bits per heavy atom. The van der Waals surface area contributed by atoms with E-state index < -0.39 is 5.41 Å². The SMILES string of the molecule is CC(C)(C(=O)NCCc1ccc(Cl)cc1Cl)c1ccc2c(c1)OCO2. The van der Waals surface area contributed by atoms with Crippen LogP contribution in [0.25, 0.3) is 0 Å². The lowest BCUT2D eigenvalue weighted by Crippen LogP contribution is -2.40. The van der Waals surface area contributed by atoms with Gasteiger partial charge in [0, 0.05) is 16.6 Å². The van der Waals surface area contributed by atoms with Crippen LogP contribution >= 0.6 is 23.2 Å². The lowest BCUT2D eigenvalue weighted by atomic mass is 9.83. The van der Waals surface area contributed by atoms with Crippen molar-refractivity contribution in [1.82, 2.24) is 5.32 Å². The van der Waals surface area contributed by atoms with E-state index in [2.05, 4.69) is 5.32 Å². The standard InChI is InChI=1S/C19H19Cl2NO3/c1-19(2,13-4-6-16-17(9-13)25-11-24-16)18(23)22-8-7-12-3-5-14(20)10-15(12)21/h3-6,9-10H,7-8,11H2,1-2H3,(H,22,23). The first kappa shape index (κ1) is 17.9. The predicted octanol–water partition coefficient (Wildman–Crippen LogP) is 4.36. The first-order chi connectivity index (χ1) is 11.9. The van der Waals surface area contributed by atoms with E-state index in [4.69, 9.17) is 32.7 Å². The van der Waals surface area contributed by atoms with E-state index in [1.165, 1.54) is 0 Å². The van der Waals surface area contributed by atoms with Gasteiger partial charge in [-0.3, -0.25) is 4.79 Å². The number of hydrogen-bond donors (Lipinski definition) is 1. The maximum Gasteiger partial charge on any atom is 0.231 e. The molecule has 2 aromatic rings. The highest BCUT2D eigenvalue weighted by atomic mass is 35.5. The van der Waals surface area contributed by atoms with E-state index in [0.29, 0.717) is 34.5 Å². The molecular weight excluding hydrogens is 361 g/mol. The van der Waals surface area contributed by atoms with E-state index in [-0.39, 0.29) is 12.7 Å². The van der Waals surface area contributed by atoms with Crippen LogP contribution in [0.15, 0.2) is 36.4 Å². The van der Waals surface area contributed by atoms with Crippen molar-refractivity contribution < 1.29 is 14.3 Å². The smallest absolute Gasteiger partial charge is 0.231 e. The predicted molar refractivity (Wildman–Crippen MR) is 98.8 cm³/mol. The Kier molecular flexibility index (Phi) is 5.11. The summed E-state index contributed by atoms with van der Waals surface area (Å²) in [6, 6.07) is 11.0. The van der Waals surface area contributed by atoms with Gasteiger partial charge in [-0.05, 0) is 55.7 Å². The molecule has 0 atom stereocenters. The summed E-state index contributed by atoms with van der Waals surface area (Å²) in [7, 11) is 0. The van der Waals surface area contributed by atoms with Crippen molar-refractivity contribution in [1.29, 1.82) is 0 Å². The molecule has 0 unspecified atom stereocenters. The summed E-state index contributed by atoms with van der Waals surface area (Å²) in [5, 5.41) is 4.18. The third-order valence-corrected chi connectivity index (χ3v) is 4.94. The van der Waals surface area contributed by atoms with E-state index in [0.717, 1.165) is 11.1 Å². The summed E-state index contributed by atoms with van der Waals surface area (Å²) >= 11 is 12.1. The van der Waals surface area contributed by atoms with E-state index in [1.807, 2.05) is 38.1 Å². The number of carbonyl (C=O) groups is 1. The molecule has 0 aliphatic carbocycles. The van der Waals surface area contributed by atoms with E-state index >= 15 is 0 Å². The van der Waals surface area contributed by atoms with Gasteiger partial charge in [0.15, 0.2) is 11.5 Å². The molecule has 0 radical (unpaired) electrons. The van der Waals surface area contributed by atoms with Gasteiger partial charge in [0.25, 0.3) is 0 Å². The van der Waals surface area contributed by atoms with Crippen molar-refractivity contribution in [3.05, 3.63) is 57.6 Å². The summed E-state index contributed by atoms with van der Waals surface area (Å²) in [6.45, 7) is 4.48. The van der Waals surface area contributed by atoms with Crippen LogP contribution in [0.4, 0.5) is 0 Å². The van der Waals surface area contributed by atoms with Gasteiger partial charge >= 0.3 is 0 Å². The van der Waals surface area contributed by atoms with E-state index in [9.17, 15) is 4.79 Å². The van der Waals surface area contributed by atoms with Crippen LogP contribution in [0.5, 0.6) is 11.5 Å². The molecule has 25 heavy (non-hydrogen) atoms. The first-order valence-electron chi connectivity index (χ1n) is 8.00. The average molecular weight is 380 g/mol. The molecule has 0 fully saturated rings. The van der Waals surface area contributed by atoms with Crippen molar-refractivity contribution in [3.8, 4) is 11.5 Å². The first-order valence-corrected chi connectivity index (χ1v) is 8.76. The third-order valence-electron chi connectivity index (χ3n) is 4.36. The molecule has 1 aliphatic rings. The second-order valence-electron chi connectivity index (χ2n) is 6.43. The lowest BCUT2D eigenvalue weighted by Gasteiger charge is -2.24. The molecule has 0 aromatic heterocycles. The van der Waals surface area contributed by atoms with Crippen molar-refractivity contribution >= 4 is 29.1 Å². The fraction of sp³-hybridized carbons (Fsp3) is 0.316. The molecule has 1 N–H and O–H groups in total. The number of ether oxygens (including phenoxy) is 2. The molecule has 132 valence electrons.